The third-order valence-corrected chi connectivity index (χ3v) is 5.58. The number of carbonyl (C=O) groups excluding carboxylic acids is 1. The van der Waals surface area contributed by atoms with Crippen molar-refractivity contribution in [2.45, 2.75) is 24.3 Å². The molecule has 0 bridgehead atoms. The molecule has 0 saturated carbocycles. The maximum atomic E-state index is 12.2. The molecule has 0 aliphatic heterocycles. The van der Waals surface area contributed by atoms with Crippen molar-refractivity contribution in [1.82, 2.24) is 4.98 Å². The van der Waals surface area contributed by atoms with Gasteiger partial charge in [-0.15, -0.1) is 11.3 Å². The summed E-state index contributed by atoms with van der Waals surface area (Å²) >= 11 is 1.53. The number of aryl methyl sites for hydroxylation is 2. The standard InChI is InChI=1S/C14H14N2O3S2/c1-21(18,19)13-6-5-10(8-15-13)16-14(17)12-7-9-3-2-4-11(9)20-12/h5-8H,2-4H2,1H3,(H,16,17). The number of aromatic nitrogens is 1. The zero-order valence-corrected chi connectivity index (χ0v) is 13.1. The quantitative estimate of drug-likeness (QED) is 0.940. The Hall–Kier alpha value is -1.73. The summed E-state index contributed by atoms with van der Waals surface area (Å²) in [5.74, 6) is -0.177. The summed E-state index contributed by atoms with van der Waals surface area (Å²) in [5.41, 5.74) is 1.76. The predicted molar refractivity (Wildman–Crippen MR) is 81.6 cm³/mol. The van der Waals surface area contributed by atoms with Crippen molar-refractivity contribution in [2.75, 3.05) is 11.6 Å². The highest BCUT2D eigenvalue weighted by molar-refractivity contribution is 7.90. The molecule has 1 aliphatic carbocycles. The summed E-state index contributed by atoms with van der Waals surface area (Å²) in [4.78, 5) is 18.0. The van der Waals surface area contributed by atoms with Gasteiger partial charge >= 0.3 is 0 Å². The molecule has 7 heteroatoms. The molecule has 110 valence electrons. The van der Waals surface area contributed by atoms with E-state index in [1.807, 2.05) is 6.07 Å². The second-order valence-corrected chi connectivity index (χ2v) is 8.12. The molecule has 1 amide bonds. The van der Waals surface area contributed by atoms with Crippen molar-refractivity contribution in [3.05, 3.63) is 39.7 Å². The molecule has 2 aromatic heterocycles. The molecule has 1 aliphatic rings. The van der Waals surface area contributed by atoms with E-state index >= 15 is 0 Å². The first-order valence-electron chi connectivity index (χ1n) is 6.52. The number of fused-ring (bicyclic) bond motifs is 1. The number of sulfone groups is 1. The molecule has 0 fully saturated rings. The average Bonchev–Trinajstić information content (AvgIpc) is 2.98. The van der Waals surface area contributed by atoms with Crippen molar-refractivity contribution < 1.29 is 13.2 Å². The van der Waals surface area contributed by atoms with E-state index < -0.39 is 9.84 Å². The van der Waals surface area contributed by atoms with E-state index in [0.29, 0.717) is 10.6 Å². The third-order valence-electron chi connectivity index (χ3n) is 3.34. The van der Waals surface area contributed by atoms with Crippen LogP contribution in [0.15, 0.2) is 29.4 Å². The summed E-state index contributed by atoms with van der Waals surface area (Å²) in [5, 5.41) is 2.74. The number of hydrogen-bond donors (Lipinski definition) is 1. The van der Waals surface area contributed by atoms with Crippen LogP contribution in [-0.2, 0) is 22.7 Å². The van der Waals surface area contributed by atoms with Crippen LogP contribution in [0.1, 0.15) is 26.5 Å². The molecule has 3 rings (SSSR count). The zero-order chi connectivity index (χ0) is 15.0. The van der Waals surface area contributed by atoms with E-state index in [-0.39, 0.29) is 10.9 Å². The number of pyridine rings is 1. The molecule has 2 aromatic rings. The molecule has 21 heavy (non-hydrogen) atoms. The second kappa shape index (κ2) is 5.23. The fourth-order valence-electron chi connectivity index (χ4n) is 2.31. The number of thiophene rings is 1. The predicted octanol–water partition coefficient (Wildman–Crippen LogP) is 2.29. The Labute approximate surface area is 127 Å². The minimum absolute atomic E-state index is 0.00407. The maximum absolute atomic E-state index is 12.2. The number of nitrogens with zero attached hydrogens (tertiary/aromatic N) is 1. The monoisotopic (exact) mass is 322 g/mol. The van der Waals surface area contributed by atoms with Gasteiger partial charge in [-0.05, 0) is 43.0 Å². The Morgan fingerprint density at radius 2 is 2.14 bits per heavy atom. The van der Waals surface area contributed by atoms with Crippen molar-refractivity contribution >= 4 is 32.8 Å². The number of carbonyl (C=O) groups is 1. The van der Waals surface area contributed by atoms with Gasteiger partial charge in [0.05, 0.1) is 16.8 Å². The molecule has 0 unspecified atom stereocenters. The number of rotatable bonds is 3. The van der Waals surface area contributed by atoms with Crippen LogP contribution < -0.4 is 5.32 Å². The van der Waals surface area contributed by atoms with Crippen molar-refractivity contribution in [1.29, 1.82) is 0 Å². The van der Waals surface area contributed by atoms with Crippen LogP contribution in [0.5, 0.6) is 0 Å². The number of nitrogens with one attached hydrogen (secondary N) is 1. The summed E-state index contributed by atoms with van der Waals surface area (Å²) in [6.45, 7) is 0. The van der Waals surface area contributed by atoms with Crippen LogP contribution in [0.25, 0.3) is 0 Å². The Morgan fingerprint density at radius 1 is 1.33 bits per heavy atom. The van der Waals surface area contributed by atoms with E-state index in [1.165, 1.54) is 40.5 Å². The zero-order valence-electron chi connectivity index (χ0n) is 11.4. The lowest BCUT2D eigenvalue weighted by atomic mass is 10.2. The number of hydrogen-bond acceptors (Lipinski definition) is 5. The first kappa shape index (κ1) is 14.2. The molecule has 0 radical (unpaired) electrons. The topological polar surface area (TPSA) is 76.1 Å². The summed E-state index contributed by atoms with van der Waals surface area (Å²) < 4.78 is 22.6. The molecule has 0 atom stereocenters. The fraction of sp³-hybridized carbons (Fsp3) is 0.286. The van der Waals surface area contributed by atoms with Crippen LogP contribution in [0.4, 0.5) is 5.69 Å². The summed E-state index contributed by atoms with van der Waals surface area (Å²) in [6, 6.07) is 4.88. The highest BCUT2D eigenvalue weighted by Gasteiger charge is 2.18. The molecule has 2 heterocycles. The van der Waals surface area contributed by atoms with Gasteiger partial charge < -0.3 is 5.32 Å². The molecule has 0 spiro atoms. The third kappa shape index (κ3) is 2.98. The van der Waals surface area contributed by atoms with Crippen LogP contribution in [0.2, 0.25) is 0 Å². The van der Waals surface area contributed by atoms with Gasteiger partial charge in [-0.3, -0.25) is 4.79 Å². The lowest BCUT2D eigenvalue weighted by Crippen LogP contribution is -2.11. The Morgan fingerprint density at radius 3 is 2.76 bits per heavy atom. The van der Waals surface area contributed by atoms with Gasteiger partial charge in [-0.1, -0.05) is 0 Å². The largest absolute Gasteiger partial charge is 0.320 e. The van der Waals surface area contributed by atoms with E-state index in [1.54, 1.807) is 6.07 Å². The normalized spacial score (nSPS) is 14.0. The maximum Gasteiger partial charge on any atom is 0.265 e. The van der Waals surface area contributed by atoms with E-state index in [9.17, 15) is 13.2 Å². The van der Waals surface area contributed by atoms with Gasteiger partial charge in [0.2, 0.25) is 0 Å². The summed E-state index contributed by atoms with van der Waals surface area (Å²) in [7, 11) is -3.32. The molecule has 1 N–H and O–H groups in total. The molecule has 0 saturated heterocycles. The van der Waals surface area contributed by atoms with Gasteiger partial charge in [0.25, 0.3) is 5.91 Å². The number of amides is 1. The first-order chi connectivity index (χ1) is 9.93. The molecular weight excluding hydrogens is 308 g/mol. The van der Waals surface area contributed by atoms with Gasteiger partial charge in [0.1, 0.15) is 0 Å². The Kier molecular flexibility index (Phi) is 3.54. The van der Waals surface area contributed by atoms with E-state index in [0.717, 1.165) is 19.1 Å². The second-order valence-electron chi connectivity index (χ2n) is 5.02. The SMILES string of the molecule is CS(=O)(=O)c1ccc(NC(=O)c2cc3c(s2)CCC3)cn1. The van der Waals surface area contributed by atoms with Crippen LogP contribution >= 0.6 is 11.3 Å². The molecule has 5 nitrogen and oxygen atoms in total. The fourth-order valence-corrected chi connectivity index (χ4v) is 4.02. The number of anilines is 1. The van der Waals surface area contributed by atoms with Crippen LogP contribution in [0.3, 0.4) is 0 Å². The first-order valence-corrected chi connectivity index (χ1v) is 9.23. The van der Waals surface area contributed by atoms with Crippen LogP contribution in [0, 0.1) is 0 Å². The lowest BCUT2D eigenvalue weighted by molar-refractivity contribution is 0.103. The molecule has 0 aromatic carbocycles. The van der Waals surface area contributed by atoms with E-state index in [4.69, 9.17) is 0 Å². The highest BCUT2D eigenvalue weighted by atomic mass is 32.2. The van der Waals surface area contributed by atoms with Gasteiger partial charge in [0, 0.05) is 11.1 Å². The Bertz CT molecular complexity index is 771. The minimum Gasteiger partial charge on any atom is -0.320 e. The van der Waals surface area contributed by atoms with Gasteiger partial charge in [0.15, 0.2) is 14.9 Å². The van der Waals surface area contributed by atoms with Crippen molar-refractivity contribution in [2.24, 2.45) is 0 Å². The minimum atomic E-state index is -3.32. The van der Waals surface area contributed by atoms with Crippen molar-refractivity contribution in [3.63, 3.8) is 0 Å². The van der Waals surface area contributed by atoms with Crippen LogP contribution in [-0.4, -0.2) is 25.6 Å². The van der Waals surface area contributed by atoms with Crippen molar-refractivity contribution in [3.8, 4) is 0 Å². The van der Waals surface area contributed by atoms with Gasteiger partial charge in [-0.25, -0.2) is 13.4 Å². The Balaban J connectivity index is 1.75. The smallest absolute Gasteiger partial charge is 0.265 e. The van der Waals surface area contributed by atoms with Gasteiger partial charge in [-0.2, -0.15) is 0 Å². The lowest BCUT2D eigenvalue weighted by Gasteiger charge is -2.04. The summed E-state index contributed by atoms with van der Waals surface area (Å²) in [6.07, 6.45) is 5.72. The van der Waals surface area contributed by atoms with E-state index in [2.05, 4.69) is 10.3 Å². The molecular formula is C14H14N2O3S2. The highest BCUT2D eigenvalue weighted by Crippen LogP contribution is 2.30. The average molecular weight is 322 g/mol.